The number of sulfone groups is 1. The molecular weight excluding hydrogens is 472 g/mol. The Balaban J connectivity index is 1.53. The normalized spacial score (nSPS) is 24.8. The minimum Gasteiger partial charge on any atom is -0.451 e. The van der Waals surface area contributed by atoms with Crippen LogP contribution in [0.1, 0.15) is 36.3 Å². The summed E-state index contributed by atoms with van der Waals surface area (Å²) in [6.07, 6.45) is 0.443. The second kappa shape index (κ2) is 8.58. The summed E-state index contributed by atoms with van der Waals surface area (Å²) >= 11 is 0. The summed E-state index contributed by atoms with van der Waals surface area (Å²) in [5, 5.41) is 15.9. The summed E-state index contributed by atoms with van der Waals surface area (Å²) in [4.78, 5) is 27.4. The molecule has 182 valence electrons. The highest BCUT2D eigenvalue weighted by Crippen LogP contribution is 2.47. The molecule has 0 radical (unpaired) electrons. The average molecular weight is 497 g/mol. The van der Waals surface area contributed by atoms with Crippen LogP contribution in [-0.4, -0.2) is 61.5 Å². The number of β-lactam (4-membered cyclic amide) rings is 1. The molecule has 10 nitrogen and oxygen atoms in total. The molecule has 0 aliphatic carbocycles. The van der Waals surface area contributed by atoms with Crippen LogP contribution in [0.3, 0.4) is 0 Å². The van der Waals surface area contributed by atoms with Gasteiger partial charge in [0.1, 0.15) is 15.8 Å². The number of aliphatic hydroxyl groups is 1. The van der Waals surface area contributed by atoms with Gasteiger partial charge in [-0.3, -0.25) is 9.48 Å². The van der Waals surface area contributed by atoms with Crippen LogP contribution >= 0.6 is 0 Å². The number of rotatable bonds is 7. The van der Waals surface area contributed by atoms with Crippen molar-refractivity contribution in [2.24, 2.45) is 0 Å². The fraction of sp³-hybridized carbons (Fsp3) is 0.333. The average Bonchev–Trinajstić information content (AvgIpc) is 3.36. The maximum atomic E-state index is 13.7. The molecule has 1 amide bonds. The maximum Gasteiger partial charge on any atom is 0.331 e. The number of hydrogen-bond donors (Lipinski definition) is 1. The number of benzene rings is 2. The van der Waals surface area contributed by atoms with Crippen LogP contribution in [0.15, 0.2) is 66.9 Å². The molecule has 3 atom stereocenters. The number of hydrogen-bond acceptors (Lipinski definition) is 8. The minimum atomic E-state index is -3.96. The Morgan fingerprint density at radius 1 is 1.14 bits per heavy atom. The Labute approximate surface area is 202 Å². The Kier molecular flexibility index (Phi) is 5.68. The van der Waals surface area contributed by atoms with E-state index >= 15 is 0 Å². The van der Waals surface area contributed by atoms with E-state index in [2.05, 4.69) is 10.3 Å². The summed E-state index contributed by atoms with van der Waals surface area (Å²) in [7, 11) is -3.96. The fourth-order valence-electron chi connectivity index (χ4n) is 4.85. The van der Waals surface area contributed by atoms with Crippen molar-refractivity contribution in [2.45, 2.75) is 48.8 Å². The smallest absolute Gasteiger partial charge is 0.331 e. The lowest BCUT2D eigenvalue weighted by molar-refractivity contribution is -0.164. The van der Waals surface area contributed by atoms with E-state index in [1.807, 2.05) is 60.7 Å². The molecule has 3 aromatic rings. The van der Waals surface area contributed by atoms with E-state index in [-0.39, 0.29) is 25.3 Å². The van der Waals surface area contributed by atoms with Gasteiger partial charge in [-0.25, -0.2) is 13.2 Å². The SMILES string of the molecule is C[C@]1(Cn2cc(CO)nn2)[C@H](C(=O)OC(c2ccccc2)c2ccccc2)N2C(=O)C[C@H]2S1(=O)=O. The van der Waals surface area contributed by atoms with Crippen molar-refractivity contribution in [3.8, 4) is 0 Å². The van der Waals surface area contributed by atoms with Gasteiger partial charge in [-0.1, -0.05) is 65.9 Å². The molecule has 35 heavy (non-hydrogen) atoms. The zero-order valence-electron chi connectivity index (χ0n) is 18.9. The van der Waals surface area contributed by atoms with Crippen molar-refractivity contribution in [3.05, 3.63) is 83.7 Å². The van der Waals surface area contributed by atoms with E-state index in [0.717, 1.165) is 4.90 Å². The van der Waals surface area contributed by atoms with Crippen LogP contribution in [-0.2, 0) is 37.3 Å². The van der Waals surface area contributed by atoms with E-state index in [9.17, 15) is 23.1 Å². The van der Waals surface area contributed by atoms with Gasteiger partial charge in [-0.2, -0.15) is 0 Å². The predicted octanol–water partition coefficient (Wildman–Crippen LogP) is 1.22. The summed E-state index contributed by atoms with van der Waals surface area (Å²) in [5.74, 6) is -1.23. The number of amides is 1. The molecule has 1 aromatic heterocycles. The summed E-state index contributed by atoms with van der Waals surface area (Å²) in [6, 6.07) is 16.9. The first-order chi connectivity index (χ1) is 16.8. The Hall–Kier alpha value is -3.57. The van der Waals surface area contributed by atoms with Crippen LogP contribution in [0.2, 0.25) is 0 Å². The fourth-order valence-corrected chi connectivity index (χ4v) is 7.20. The third kappa shape index (κ3) is 3.71. The van der Waals surface area contributed by atoms with Crippen molar-refractivity contribution in [3.63, 3.8) is 0 Å². The molecule has 2 fully saturated rings. The van der Waals surface area contributed by atoms with E-state index in [0.29, 0.717) is 11.1 Å². The highest BCUT2D eigenvalue weighted by atomic mass is 32.2. The lowest BCUT2D eigenvalue weighted by Crippen LogP contribution is -2.58. The third-order valence-corrected chi connectivity index (χ3v) is 9.46. The topological polar surface area (TPSA) is 132 Å². The Bertz CT molecular complexity index is 1320. The van der Waals surface area contributed by atoms with Crippen LogP contribution in [0.25, 0.3) is 0 Å². The zero-order chi connectivity index (χ0) is 24.8. The molecule has 2 aliphatic rings. The van der Waals surface area contributed by atoms with E-state index in [1.54, 1.807) is 0 Å². The number of esters is 1. The molecule has 0 unspecified atom stereocenters. The van der Waals surface area contributed by atoms with Crippen molar-refractivity contribution < 1.29 is 27.9 Å². The molecule has 0 bridgehead atoms. The van der Waals surface area contributed by atoms with Gasteiger partial charge in [0.05, 0.1) is 25.8 Å². The van der Waals surface area contributed by atoms with Crippen molar-refractivity contribution >= 4 is 21.7 Å². The van der Waals surface area contributed by atoms with Crippen molar-refractivity contribution in [1.29, 1.82) is 0 Å². The van der Waals surface area contributed by atoms with Gasteiger partial charge in [-0.15, -0.1) is 5.10 Å². The molecule has 11 heteroatoms. The first kappa shape index (κ1) is 23.2. The number of carbonyl (C=O) groups excluding carboxylic acids is 2. The number of fused-ring (bicyclic) bond motifs is 1. The molecule has 2 aromatic carbocycles. The number of ether oxygens (including phenoxy) is 1. The molecule has 0 spiro atoms. The molecule has 0 saturated carbocycles. The molecular formula is C24H24N4O6S. The van der Waals surface area contributed by atoms with Crippen LogP contribution in [0.5, 0.6) is 0 Å². The van der Waals surface area contributed by atoms with Gasteiger partial charge in [0.15, 0.2) is 22.0 Å². The number of aromatic nitrogens is 3. The monoisotopic (exact) mass is 496 g/mol. The van der Waals surface area contributed by atoms with Crippen molar-refractivity contribution in [2.75, 3.05) is 0 Å². The number of aliphatic hydroxyl groups excluding tert-OH is 1. The molecule has 3 heterocycles. The Morgan fingerprint density at radius 3 is 2.26 bits per heavy atom. The van der Waals surface area contributed by atoms with E-state index < -0.39 is 44.0 Å². The van der Waals surface area contributed by atoms with Crippen LogP contribution in [0.4, 0.5) is 0 Å². The maximum absolute atomic E-state index is 13.7. The lowest BCUT2D eigenvalue weighted by atomic mass is 9.95. The largest absolute Gasteiger partial charge is 0.451 e. The van der Waals surface area contributed by atoms with Crippen LogP contribution in [0, 0.1) is 0 Å². The molecule has 2 saturated heterocycles. The summed E-state index contributed by atoms with van der Waals surface area (Å²) in [6.45, 7) is 0.835. The quantitative estimate of drug-likeness (QED) is 0.382. The highest BCUT2D eigenvalue weighted by molar-refractivity contribution is 7.93. The molecule has 5 rings (SSSR count). The minimum absolute atomic E-state index is 0.179. The van der Waals surface area contributed by atoms with E-state index in [4.69, 9.17) is 4.74 Å². The first-order valence-corrected chi connectivity index (χ1v) is 12.7. The molecule has 1 N–H and O–H groups in total. The van der Waals surface area contributed by atoms with Gasteiger partial charge >= 0.3 is 5.97 Å². The summed E-state index contributed by atoms with van der Waals surface area (Å²) < 4.78 is 32.6. The predicted molar refractivity (Wildman–Crippen MR) is 123 cm³/mol. The van der Waals surface area contributed by atoms with Gasteiger partial charge in [0.2, 0.25) is 5.91 Å². The summed E-state index contributed by atoms with van der Waals surface area (Å²) in [5.41, 5.74) is 1.69. The zero-order valence-corrected chi connectivity index (χ0v) is 19.7. The highest BCUT2D eigenvalue weighted by Gasteiger charge is 2.70. The Morgan fingerprint density at radius 2 is 1.74 bits per heavy atom. The van der Waals surface area contributed by atoms with Gasteiger partial charge in [0.25, 0.3) is 0 Å². The second-order valence-electron chi connectivity index (χ2n) is 8.92. The van der Waals surface area contributed by atoms with Gasteiger partial charge < -0.3 is 14.7 Å². The van der Waals surface area contributed by atoms with Crippen molar-refractivity contribution in [1.82, 2.24) is 19.9 Å². The second-order valence-corrected chi connectivity index (χ2v) is 11.5. The lowest BCUT2D eigenvalue weighted by Gasteiger charge is -2.37. The van der Waals surface area contributed by atoms with Gasteiger partial charge in [0, 0.05) is 0 Å². The number of carbonyl (C=O) groups is 2. The van der Waals surface area contributed by atoms with Gasteiger partial charge in [-0.05, 0) is 18.1 Å². The number of nitrogens with zero attached hydrogens (tertiary/aromatic N) is 4. The third-order valence-electron chi connectivity index (χ3n) is 6.70. The standard InChI is InChI=1S/C24H24N4O6S/c1-24(15-27-13-18(14-29)25-26-27)22(28-19(30)12-20(28)35(24,32)33)23(31)34-21(16-8-4-2-5-9-16)17-10-6-3-7-11-17/h2-11,13,20-22,29H,12,14-15H2,1H3/t20-,22+,24+/m1/s1. The van der Waals surface area contributed by atoms with Crippen LogP contribution < -0.4 is 0 Å². The van der Waals surface area contributed by atoms with E-state index in [1.165, 1.54) is 17.8 Å². The first-order valence-electron chi connectivity index (χ1n) is 11.1. The molecule has 2 aliphatic heterocycles.